The number of hydrogen-bond donors (Lipinski definition) is 1. The van der Waals surface area contributed by atoms with E-state index in [0.717, 1.165) is 56.9 Å². The van der Waals surface area contributed by atoms with Gasteiger partial charge in [0.2, 0.25) is 0 Å². The van der Waals surface area contributed by atoms with Gasteiger partial charge in [-0.3, -0.25) is 0 Å². The van der Waals surface area contributed by atoms with Crippen LogP contribution in [0.2, 0.25) is 0 Å². The number of carboxylic acid groups (broad SMARTS) is 1. The van der Waals surface area contributed by atoms with Crippen LogP contribution in [0.3, 0.4) is 0 Å². The van der Waals surface area contributed by atoms with Crippen molar-refractivity contribution < 1.29 is 14.6 Å². The summed E-state index contributed by atoms with van der Waals surface area (Å²) in [4.78, 5) is 11.2. The van der Waals surface area contributed by atoms with E-state index < -0.39 is 6.16 Å². The number of benzene rings is 2. The molecule has 0 aromatic heterocycles. The van der Waals surface area contributed by atoms with Gasteiger partial charge in [0, 0.05) is 0 Å². The number of rotatable bonds is 11. The zero-order chi connectivity index (χ0) is 18.6. The van der Waals surface area contributed by atoms with Crippen molar-refractivity contribution in [1.82, 2.24) is 0 Å². The van der Waals surface area contributed by atoms with Gasteiger partial charge in [0.05, 0.1) is 0 Å². The second-order valence-electron chi connectivity index (χ2n) is 6.76. The third kappa shape index (κ3) is 6.91. The molecule has 0 amide bonds. The summed E-state index contributed by atoms with van der Waals surface area (Å²) in [5.74, 6) is 0. The van der Waals surface area contributed by atoms with E-state index in [4.69, 9.17) is 9.84 Å². The first-order valence-electron chi connectivity index (χ1n) is 9.72. The van der Waals surface area contributed by atoms with Crippen molar-refractivity contribution in [2.24, 2.45) is 0 Å². The zero-order valence-electron chi connectivity index (χ0n) is 15.7. The molecular formula is C23H30O3. The summed E-state index contributed by atoms with van der Waals surface area (Å²) in [5.41, 5.74) is 3.60. The largest absolute Gasteiger partial charge is 0.506 e. The fraction of sp³-hybridized carbons (Fsp3) is 0.435. The fourth-order valence-electron chi connectivity index (χ4n) is 3.32. The van der Waals surface area contributed by atoms with Crippen molar-refractivity contribution in [3.05, 3.63) is 71.3 Å². The summed E-state index contributed by atoms with van der Waals surface area (Å²) < 4.78 is 5.24. The maximum absolute atomic E-state index is 11.2. The number of unbranched alkanes of at least 4 members (excludes halogenated alkanes) is 3. The van der Waals surface area contributed by atoms with Crippen molar-refractivity contribution in [2.45, 2.75) is 64.4 Å². The van der Waals surface area contributed by atoms with Crippen LogP contribution in [0.1, 0.15) is 68.2 Å². The smallest absolute Gasteiger partial charge is 0.450 e. The molecule has 0 saturated heterocycles. The average Bonchev–Trinajstić information content (AvgIpc) is 2.66. The third-order valence-electron chi connectivity index (χ3n) is 4.72. The molecule has 2 aromatic rings. The normalized spacial score (nSPS) is 11.9. The van der Waals surface area contributed by atoms with E-state index in [2.05, 4.69) is 37.3 Å². The molecule has 0 radical (unpaired) electrons. The summed E-state index contributed by atoms with van der Waals surface area (Å²) in [5, 5.41) is 9.14. The van der Waals surface area contributed by atoms with E-state index in [1.54, 1.807) is 0 Å². The molecule has 0 spiro atoms. The molecule has 2 rings (SSSR count). The van der Waals surface area contributed by atoms with E-state index in [1.807, 2.05) is 24.3 Å². The molecule has 0 heterocycles. The lowest BCUT2D eigenvalue weighted by Gasteiger charge is -2.19. The van der Waals surface area contributed by atoms with Crippen LogP contribution >= 0.6 is 0 Å². The van der Waals surface area contributed by atoms with Crippen molar-refractivity contribution in [1.29, 1.82) is 0 Å². The minimum Gasteiger partial charge on any atom is -0.450 e. The molecule has 0 aliphatic rings. The van der Waals surface area contributed by atoms with Gasteiger partial charge in [-0.1, -0.05) is 74.4 Å². The second kappa shape index (κ2) is 11.3. The highest BCUT2D eigenvalue weighted by Crippen LogP contribution is 2.28. The molecule has 3 nitrogen and oxygen atoms in total. The molecule has 1 N–H and O–H groups in total. The van der Waals surface area contributed by atoms with Crippen LogP contribution in [0.25, 0.3) is 0 Å². The first-order chi connectivity index (χ1) is 12.7. The Hall–Kier alpha value is -2.29. The van der Waals surface area contributed by atoms with E-state index in [9.17, 15) is 4.79 Å². The van der Waals surface area contributed by atoms with Gasteiger partial charge in [0.1, 0.15) is 6.10 Å². The Bertz CT molecular complexity index is 652. The highest BCUT2D eigenvalue weighted by molar-refractivity contribution is 5.57. The van der Waals surface area contributed by atoms with E-state index in [0.29, 0.717) is 0 Å². The first kappa shape index (κ1) is 20.0. The summed E-state index contributed by atoms with van der Waals surface area (Å²) in [6, 6.07) is 18.6. The van der Waals surface area contributed by atoms with Crippen molar-refractivity contribution >= 4 is 6.16 Å². The number of aryl methyl sites for hydroxylation is 2. The van der Waals surface area contributed by atoms with Crippen molar-refractivity contribution in [3.63, 3.8) is 0 Å². The molecule has 2 aromatic carbocycles. The van der Waals surface area contributed by atoms with Gasteiger partial charge in [0.15, 0.2) is 0 Å². The predicted molar refractivity (Wildman–Crippen MR) is 106 cm³/mol. The number of carbonyl (C=O) groups is 1. The highest BCUT2D eigenvalue weighted by Gasteiger charge is 2.18. The summed E-state index contributed by atoms with van der Waals surface area (Å²) in [7, 11) is 0. The molecular weight excluding hydrogens is 324 g/mol. The number of hydrogen-bond acceptors (Lipinski definition) is 2. The third-order valence-corrected chi connectivity index (χ3v) is 4.72. The lowest BCUT2D eigenvalue weighted by atomic mass is 9.94. The van der Waals surface area contributed by atoms with Crippen molar-refractivity contribution in [2.75, 3.05) is 0 Å². The van der Waals surface area contributed by atoms with Crippen LogP contribution in [-0.4, -0.2) is 11.3 Å². The molecule has 0 bridgehead atoms. The quantitative estimate of drug-likeness (QED) is 0.367. The lowest BCUT2D eigenvalue weighted by molar-refractivity contribution is 0.0461. The maximum Gasteiger partial charge on any atom is 0.506 e. The average molecular weight is 354 g/mol. The SMILES string of the molecule is CCCCc1ccccc1C(CCCCCc1ccccc1)OC(=O)O. The molecule has 1 unspecified atom stereocenters. The lowest BCUT2D eigenvalue weighted by Crippen LogP contribution is -2.11. The van der Waals surface area contributed by atoms with E-state index >= 15 is 0 Å². The van der Waals surface area contributed by atoms with Gasteiger partial charge in [-0.2, -0.15) is 0 Å². The molecule has 1 atom stereocenters. The highest BCUT2D eigenvalue weighted by atomic mass is 16.7. The van der Waals surface area contributed by atoms with Crippen LogP contribution in [0, 0.1) is 0 Å². The van der Waals surface area contributed by atoms with Crippen LogP contribution in [-0.2, 0) is 17.6 Å². The molecule has 0 saturated carbocycles. The molecule has 26 heavy (non-hydrogen) atoms. The Balaban J connectivity index is 1.90. The summed E-state index contributed by atoms with van der Waals surface area (Å²) >= 11 is 0. The minimum absolute atomic E-state index is 0.364. The molecule has 0 fully saturated rings. The Morgan fingerprint density at radius 1 is 0.923 bits per heavy atom. The van der Waals surface area contributed by atoms with Crippen LogP contribution < -0.4 is 0 Å². The monoisotopic (exact) mass is 354 g/mol. The van der Waals surface area contributed by atoms with Gasteiger partial charge in [0.25, 0.3) is 0 Å². The Labute approximate surface area is 157 Å². The van der Waals surface area contributed by atoms with Gasteiger partial charge in [-0.25, -0.2) is 4.79 Å². The molecule has 3 heteroatoms. The van der Waals surface area contributed by atoms with Gasteiger partial charge in [-0.05, 0) is 55.2 Å². The van der Waals surface area contributed by atoms with Crippen LogP contribution in [0.5, 0.6) is 0 Å². The Morgan fingerprint density at radius 3 is 2.38 bits per heavy atom. The Kier molecular flexibility index (Phi) is 8.74. The zero-order valence-corrected chi connectivity index (χ0v) is 15.7. The van der Waals surface area contributed by atoms with E-state index in [-0.39, 0.29) is 6.10 Å². The van der Waals surface area contributed by atoms with Crippen LogP contribution in [0.4, 0.5) is 4.79 Å². The van der Waals surface area contributed by atoms with Gasteiger partial charge in [-0.15, -0.1) is 0 Å². The summed E-state index contributed by atoms with van der Waals surface area (Å²) in [6.07, 6.45) is 6.61. The molecule has 0 aliphatic heterocycles. The van der Waals surface area contributed by atoms with Crippen molar-refractivity contribution in [3.8, 4) is 0 Å². The maximum atomic E-state index is 11.2. The minimum atomic E-state index is -1.19. The number of ether oxygens (including phenoxy) is 1. The summed E-state index contributed by atoms with van der Waals surface area (Å²) in [6.45, 7) is 2.17. The fourth-order valence-corrected chi connectivity index (χ4v) is 3.32. The topological polar surface area (TPSA) is 46.5 Å². The standard InChI is InChI=1S/C23H30O3/c1-2-3-15-20-16-10-11-17-21(20)22(26-23(24)25)18-9-5-8-14-19-12-6-4-7-13-19/h4,6-7,10-13,16-17,22H,2-3,5,8-9,14-15,18H2,1H3,(H,24,25). The van der Waals surface area contributed by atoms with E-state index in [1.165, 1.54) is 11.1 Å². The molecule has 0 aliphatic carbocycles. The Morgan fingerprint density at radius 2 is 1.65 bits per heavy atom. The molecule has 140 valence electrons. The second-order valence-corrected chi connectivity index (χ2v) is 6.76. The van der Waals surface area contributed by atoms with Crippen LogP contribution in [0.15, 0.2) is 54.6 Å². The first-order valence-corrected chi connectivity index (χ1v) is 9.72. The van der Waals surface area contributed by atoms with Gasteiger partial charge >= 0.3 is 6.16 Å². The van der Waals surface area contributed by atoms with Gasteiger partial charge < -0.3 is 9.84 Å². The predicted octanol–water partition coefficient (Wildman–Crippen LogP) is 6.57.